The Morgan fingerprint density at radius 2 is 1.59 bits per heavy atom. The minimum Gasteiger partial charge on any atom is -0.369 e. The fraction of sp³-hybridized carbons (Fsp3) is 0.120. The van der Waals surface area contributed by atoms with E-state index >= 15 is 0 Å². The third-order valence-corrected chi connectivity index (χ3v) is 7.10. The lowest BCUT2D eigenvalue weighted by atomic mass is 9.91. The van der Waals surface area contributed by atoms with Gasteiger partial charge in [0.15, 0.2) is 0 Å². The van der Waals surface area contributed by atoms with Gasteiger partial charge < -0.3 is 5.73 Å². The van der Waals surface area contributed by atoms with Crippen molar-refractivity contribution in [2.24, 2.45) is 20.2 Å². The summed E-state index contributed by atoms with van der Waals surface area (Å²) in [7, 11) is -4.23. The number of amides is 1. The SMILES string of the molecule is CC(=O)N/C(N)=N/C(=N/S(=O)(=O)c1ccc(Cl)cc1)N1CC(c2ccccc2)C(c2ccc(Cl)cc2)=N1. The summed E-state index contributed by atoms with van der Waals surface area (Å²) in [6.45, 7) is 1.47. The average Bonchev–Trinajstić information content (AvgIpc) is 3.30. The van der Waals surface area contributed by atoms with E-state index in [-0.39, 0.29) is 29.3 Å². The van der Waals surface area contributed by atoms with Gasteiger partial charge in [0.2, 0.25) is 11.9 Å². The first-order chi connectivity index (χ1) is 17.6. The molecule has 0 aliphatic carbocycles. The van der Waals surface area contributed by atoms with Crippen molar-refractivity contribution in [3.05, 3.63) is 100 Å². The van der Waals surface area contributed by atoms with Crippen LogP contribution in [0, 0.1) is 0 Å². The van der Waals surface area contributed by atoms with Crippen LogP contribution in [-0.2, 0) is 14.8 Å². The normalized spacial score (nSPS) is 16.5. The molecule has 1 unspecified atom stereocenters. The summed E-state index contributed by atoms with van der Waals surface area (Å²) >= 11 is 12.0. The zero-order chi connectivity index (χ0) is 26.6. The first-order valence-electron chi connectivity index (χ1n) is 11.0. The van der Waals surface area contributed by atoms with Gasteiger partial charge in [0, 0.05) is 22.9 Å². The Labute approximate surface area is 224 Å². The quantitative estimate of drug-likeness (QED) is 0.370. The first kappa shape index (κ1) is 26.3. The summed E-state index contributed by atoms with van der Waals surface area (Å²) in [5.74, 6) is -1.37. The summed E-state index contributed by atoms with van der Waals surface area (Å²) in [6, 6.07) is 22.3. The fourth-order valence-electron chi connectivity index (χ4n) is 3.66. The van der Waals surface area contributed by atoms with Gasteiger partial charge in [-0.2, -0.15) is 18.5 Å². The second kappa shape index (κ2) is 11.1. The molecule has 0 fully saturated rings. The standard InChI is InChI=1S/C25H22Cl2N6O3S/c1-16(34)29-24(28)30-25(32-37(35,36)21-13-11-20(27)12-14-21)33-15-22(17-5-3-2-4-6-17)23(31-33)18-7-9-19(26)10-8-18/h2-14,22H,15H2,1H3,(H3,28,29,30,32,34). The van der Waals surface area contributed by atoms with E-state index in [0.29, 0.717) is 15.8 Å². The highest BCUT2D eigenvalue weighted by Crippen LogP contribution is 2.30. The molecule has 12 heteroatoms. The van der Waals surface area contributed by atoms with E-state index in [1.165, 1.54) is 36.2 Å². The van der Waals surface area contributed by atoms with Crippen molar-refractivity contribution in [1.82, 2.24) is 10.3 Å². The van der Waals surface area contributed by atoms with Gasteiger partial charge in [-0.1, -0.05) is 65.7 Å². The monoisotopic (exact) mass is 556 g/mol. The zero-order valence-electron chi connectivity index (χ0n) is 19.5. The number of nitrogens with zero attached hydrogens (tertiary/aromatic N) is 4. The maximum Gasteiger partial charge on any atom is 0.285 e. The van der Waals surface area contributed by atoms with Gasteiger partial charge >= 0.3 is 0 Å². The summed E-state index contributed by atoms with van der Waals surface area (Å²) < 4.78 is 30.2. The van der Waals surface area contributed by atoms with Gasteiger partial charge in [0.05, 0.1) is 17.2 Å². The molecule has 1 heterocycles. The lowest BCUT2D eigenvalue weighted by Crippen LogP contribution is -2.37. The second-order valence-electron chi connectivity index (χ2n) is 8.04. The van der Waals surface area contributed by atoms with Crippen molar-refractivity contribution in [3.8, 4) is 0 Å². The number of nitrogens with two attached hydrogens (primary N) is 1. The van der Waals surface area contributed by atoms with Crippen LogP contribution in [0.4, 0.5) is 0 Å². The lowest BCUT2D eigenvalue weighted by molar-refractivity contribution is -0.117. The van der Waals surface area contributed by atoms with Crippen molar-refractivity contribution >= 4 is 56.8 Å². The van der Waals surface area contributed by atoms with Gasteiger partial charge in [0.25, 0.3) is 16.0 Å². The third kappa shape index (κ3) is 6.53. The number of guanidine groups is 2. The highest BCUT2D eigenvalue weighted by molar-refractivity contribution is 7.90. The minimum absolute atomic E-state index is 0.0941. The Morgan fingerprint density at radius 3 is 2.19 bits per heavy atom. The van der Waals surface area contributed by atoms with Gasteiger partial charge in [-0.05, 0) is 47.5 Å². The summed E-state index contributed by atoms with van der Waals surface area (Å²) in [5, 5.41) is 9.31. The van der Waals surface area contributed by atoms with Gasteiger partial charge in [0.1, 0.15) is 0 Å². The molecular formula is C25H22Cl2N6O3S. The molecule has 1 amide bonds. The molecule has 0 aromatic heterocycles. The molecule has 4 rings (SSSR count). The third-order valence-electron chi connectivity index (χ3n) is 5.32. The van der Waals surface area contributed by atoms with Crippen LogP contribution in [0.25, 0.3) is 0 Å². The van der Waals surface area contributed by atoms with E-state index in [2.05, 4.69) is 19.8 Å². The molecule has 3 N–H and O–H groups in total. The van der Waals surface area contributed by atoms with Crippen molar-refractivity contribution in [2.75, 3.05) is 6.54 Å². The predicted octanol–water partition coefficient (Wildman–Crippen LogP) is 3.99. The van der Waals surface area contributed by atoms with Crippen LogP contribution in [0.2, 0.25) is 10.0 Å². The smallest absolute Gasteiger partial charge is 0.285 e. The number of nitrogens with one attached hydrogen (secondary N) is 1. The number of carbonyl (C=O) groups excluding carboxylic acids is 1. The number of sulfonamides is 1. The van der Waals surface area contributed by atoms with Crippen LogP contribution >= 0.6 is 23.2 Å². The molecule has 3 aromatic rings. The molecule has 9 nitrogen and oxygen atoms in total. The number of halogens is 2. The zero-order valence-corrected chi connectivity index (χ0v) is 21.9. The summed E-state index contributed by atoms with van der Waals surface area (Å²) in [6.07, 6.45) is 0. The maximum atomic E-state index is 13.1. The van der Waals surface area contributed by atoms with E-state index in [9.17, 15) is 13.2 Å². The maximum absolute atomic E-state index is 13.1. The Hall–Kier alpha value is -3.73. The van der Waals surface area contributed by atoms with Crippen LogP contribution in [-0.4, -0.2) is 43.5 Å². The second-order valence-corrected chi connectivity index (χ2v) is 10.5. The number of carbonyl (C=O) groups is 1. The Balaban J connectivity index is 1.83. The average molecular weight is 557 g/mol. The first-order valence-corrected chi connectivity index (χ1v) is 13.2. The topological polar surface area (TPSA) is 130 Å². The van der Waals surface area contributed by atoms with Crippen LogP contribution in [0.3, 0.4) is 0 Å². The fourth-order valence-corrected chi connectivity index (χ4v) is 4.85. The molecule has 1 aliphatic heterocycles. The largest absolute Gasteiger partial charge is 0.369 e. The lowest BCUT2D eigenvalue weighted by Gasteiger charge is -2.16. The van der Waals surface area contributed by atoms with E-state index in [1.54, 1.807) is 12.1 Å². The van der Waals surface area contributed by atoms with Crippen LogP contribution in [0.5, 0.6) is 0 Å². The number of rotatable bonds is 4. The Kier molecular flexibility index (Phi) is 7.91. The molecule has 1 aliphatic rings. The molecule has 0 bridgehead atoms. The van der Waals surface area contributed by atoms with E-state index in [1.807, 2.05) is 42.5 Å². The molecule has 0 radical (unpaired) electrons. The predicted molar refractivity (Wildman–Crippen MR) is 145 cm³/mol. The molecule has 190 valence electrons. The van der Waals surface area contributed by atoms with Crippen molar-refractivity contribution < 1.29 is 13.2 Å². The molecule has 0 saturated carbocycles. The molecule has 37 heavy (non-hydrogen) atoms. The molecular weight excluding hydrogens is 535 g/mol. The van der Waals surface area contributed by atoms with Gasteiger partial charge in [-0.25, -0.2) is 5.01 Å². The van der Waals surface area contributed by atoms with Crippen molar-refractivity contribution in [2.45, 2.75) is 17.7 Å². The number of hydrogen-bond donors (Lipinski definition) is 2. The molecule has 1 atom stereocenters. The Bertz CT molecular complexity index is 1490. The molecule has 0 saturated heterocycles. The van der Waals surface area contributed by atoms with Crippen LogP contribution < -0.4 is 11.1 Å². The van der Waals surface area contributed by atoms with Gasteiger partial charge in [-0.15, -0.1) is 4.40 Å². The number of hydrazone groups is 1. The Morgan fingerprint density at radius 1 is 1.00 bits per heavy atom. The van der Waals surface area contributed by atoms with Crippen molar-refractivity contribution in [3.63, 3.8) is 0 Å². The van der Waals surface area contributed by atoms with Crippen molar-refractivity contribution in [1.29, 1.82) is 0 Å². The summed E-state index contributed by atoms with van der Waals surface area (Å²) in [4.78, 5) is 15.5. The highest BCUT2D eigenvalue weighted by Gasteiger charge is 2.32. The molecule has 3 aromatic carbocycles. The number of hydrogen-bond acceptors (Lipinski definition) is 4. The van der Waals surface area contributed by atoms with Crippen LogP contribution in [0.15, 0.2) is 98.2 Å². The molecule has 0 spiro atoms. The summed E-state index contributed by atoms with van der Waals surface area (Å²) in [5.41, 5.74) is 8.27. The van der Waals surface area contributed by atoms with E-state index in [0.717, 1.165) is 11.1 Å². The number of benzene rings is 3. The minimum atomic E-state index is -4.23. The van der Waals surface area contributed by atoms with Crippen LogP contribution in [0.1, 0.15) is 24.0 Å². The van der Waals surface area contributed by atoms with E-state index in [4.69, 9.17) is 28.9 Å². The highest BCUT2D eigenvalue weighted by atomic mass is 35.5. The van der Waals surface area contributed by atoms with E-state index < -0.39 is 15.9 Å². The number of aliphatic imine (C=N–C) groups is 1. The van der Waals surface area contributed by atoms with Gasteiger partial charge in [-0.3, -0.25) is 10.1 Å².